The number of carbonyl (C=O) groups is 1. The van der Waals surface area contributed by atoms with Crippen LogP contribution in [0.3, 0.4) is 0 Å². The second-order valence-corrected chi connectivity index (χ2v) is 7.69. The van der Waals surface area contributed by atoms with Crippen LogP contribution in [0.15, 0.2) is 41.3 Å². The number of methoxy groups -OCH3 is 1. The van der Waals surface area contributed by atoms with Gasteiger partial charge in [0.1, 0.15) is 10.6 Å². The second-order valence-electron chi connectivity index (χ2n) is 4.99. The van der Waals surface area contributed by atoms with Gasteiger partial charge in [-0.25, -0.2) is 13.1 Å². The van der Waals surface area contributed by atoms with Crippen molar-refractivity contribution >= 4 is 39.1 Å². The molecule has 0 saturated carbocycles. The van der Waals surface area contributed by atoms with Crippen molar-refractivity contribution in [3.05, 3.63) is 57.6 Å². The van der Waals surface area contributed by atoms with Crippen LogP contribution in [0.5, 0.6) is 5.75 Å². The summed E-state index contributed by atoms with van der Waals surface area (Å²) in [4.78, 5) is 12.2. The number of carbonyl (C=O) groups excluding carboxylic acids is 1. The maximum Gasteiger partial charge on any atom is 0.251 e. The zero-order valence-corrected chi connectivity index (χ0v) is 15.8. The first-order chi connectivity index (χ1) is 11.8. The predicted molar refractivity (Wildman–Crippen MR) is 96.9 cm³/mol. The van der Waals surface area contributed by atoms with Gasteiger partial charge >= 0.3 is 0 Å². The number of hydrogen-bond donors (Lipinski definition) is 2. The summed E-state index contributed by atoms with van der Waals surface area (Å²) in [7, 11) is -1.13. The van der Waals surface area contributed by atoms with Gasteiger partial charge in [-0.1, -0.05) is 29.3 Å². The third kappa shape index (κ3) is 4.64. The van der Waals surface area contributed by atoms with Crippen molar-refractivity contribution in [2.75, 3.05) is 14.2 Å². The van der Waals surface area contributed by atoms with Crippen LogP contribution in [-0.2, 0) is 16.6 Å². The Morgan fingerprint density at radius 1 is 1.16 bits per heavy atom. The van der Waals surface area contributed by atoms with E-state index in [4.69, 9.17) is 27.9 Å². The van der Waals surface area contributed by atoms with E-state index in [2.05, 4.69) is 10.0 Å². The summed E-state index contributed by atoms with van der Waals surface area (Å²) in [6.07, 6.45) is 0. The monoisotopic (exact) mass is 402 g/mol. The molecule has 6 nitrogen and oxygen atoms in total. The molecule has 2 N–H and O–H groups in total. The van der Waals surface area contributed by atoms with Gasteiger partial charge in [0.05, 0.1) is 7.11 Å². The fourth-order valence-corrected chi connectivity index (χ4v) is 3.47. The first-order valence-electron chi connectivity index (χ1n) is 7.12. The van der Waals surface area contributed by atoms with E-state index in [1.807, 2.05) is 0 Å². The molecule has 0 unspecified atom stereocenters. The van der Waals surface area contributed by atoms with Crippen molar-refractivity contribution in [3.63, 3.8) is 0 Å². The number of halogens is 2. The lowest BCUT2D eigenvalue weighted by Gasteiger charge is -2.11. The highest BCUT2D eigenvalue weighted by molar-refractivity contribution is 7.89. The highest BCUT2D eigenvalue weighted by Gasteiger charge is 2.20. The molecule has 0 fully saturated rings. The van der Waals surface area contributed by atoms with Gasteiger partial charge in [-0.3, -0.25) is 4.79 Å². The van der Waals surface area contributed by atoms with Gasteiger partial charge in [0, 0.05) is 22.2 Å². The van der Waals surface area contributed by atoms with E-state index in [1.54, 1.807) is 18.2 Å². The molecule has 0 aliphatic carbocycles. The van der Waals surface area contributed by atoms with Gasteiger partial charge in [0.15, 0.2) is 0 Å². The van der Waals surface area contributed by atoms with Crippen molar-refractivity contribution in [2.24, 2.45) is 0 Å². The molecule has 2 rings (SSSR count). The molecule has 0 radical (unpaired) electrons. The molecule has 0 aliphatic rings. The van der Waals surface area contributed by atoms with Gasteiger partial charge < -0.3 is 10.1 Å². The van der Waals surface area contributed by atoms with E-state index in [0.717, 1.165) is 0 Å². The molecule has 0 bridgehead atoms. The summed E-state index contributed by atoms with van der Waals surface area (Å²) in [6, 6.07) is 9.11. The molecule has 0 aromatic heterocycles. The fraction of sp³-hybridized carbons (Fsp3) is 0.188. The Labute approximate surface area is 156 Å². The van der Waals surface area contributed by atoms with E-state index in [9.17, 15) is 13.2 Å². The Bertz CT molecular complexity index is 901. The first-order valence-corrected chi connectivity index (χ1v) is 9.36. The van der Waals surface area contributed by atoms with Gasteiger partial charge in [-0.05, 0) is 42.9 Å². The standard InChI is InChI=1S/C16H16Cl2N2O4S/c1-19-25(22,23)15-7-10(4-6-14(15)24-2)16(21)20-9-11-3-5-12(17)8-13(11)18/h3-8,19H,9H2,1-2H3,(H,20,21). The smallest absolute Gasteiger partial charge is 0.251 e. The molecule has 2 aromatic carbocycles. The minimum atomic E-state index is -3.77. The summed E-state index contributed by atoms with van der Waals surface area (Å²) in [5, 5.41) is 3.62. The number of rotatable bonds is 6. The Balaban J connectivity index is 2.23. The van der Waals surface area contributed by atoms with E-state index in [0.29, 0.717) is 15.6 Å². The third-order valence-electron chi connectivity index (χ3n) is 3.44. The molecule has 0 aliphatic heterocycles. The highest BCUT2D eigenvalue weighted by Crippen LogP contribution is 2.25. The van der Waals surface area contributed by atoms with Gasteiger partial charge in [-0.15, -0.1) is 0 Å². The predicted octanol–water partition coefficient (Wildman–Crippen LogP) is 2.84. The van der Waals surface area contributed by atoms with Crippen molar-refractivity contribution in [3.8, 4) is 5.75 Å². The highest BCUT2D eigenvalue weighted by atomic mass is 35.5. The average Bonchev–Trinajstić information content (AvgIpc) is 2.60. The molecular formula is C16H16Cl2N2O4S. The zero-order valence-electron chi connectivity index (χ0n) is 13.5. The van der Waals surface area contributed by atoms with Crippen molar-refractivity contribution in [2.45, 2.75) is 11.4 Å². The third-order valence-corrected chi connectivity index (χ3v) is 5.46. The molecule has 2 aromatic rings. The molecule has 1 amide bonds. The Kier molecular flexibility index (Phi) is 6.29. The lowest BCUT2D eigenvalue weighted by molar-refractivity contribution is 0.0950. The van der Waals surface area contributed by atoms with E-state index in [1.165, 1.54) is 32.4 Å². The fourth-order valence-electron chi connectivity index (χ4n) is 2.08. The molecule has 25 heavy (non-hydrogen) atoms. The first kappa shape index (κ1) is 19.5. The topological polar surface area (TPSA) is 84.5 Å². The van der Waals surface area contributed by atoms with Crippen LogP contribution in [-0.4, -0.2) is 28.5 Å². The molecule has 0 atom stereocenters. The van der Waals surface area contributed by atoms with Gasteiger partial charge in [0.2, 0.25) is 10.0 Å². The number of ether oxygens (including phenoxy) is 1. The van der Waals surface area contributed by atoms with Crippen LogP contribution >= 0.6 is 23.2 Å². The molecule has 9 heteroatoms. The van der Waals surface area contributed by atoms with E-state index in [-0.39, 0.29) is 22.8 Å². The van der Waals surface area contributed by atoms with Gasteiger partial charge in [0.25, 0.3) is 5.91 Å². The Morgan fingerprint density at radius 2 is 1.88 bits per heavy atom. The molecule has 134 valence electrons. The number of sulfonamides is 1. The molecular weight excluding hydrogens is 387 g/mol. The number of nitrogens with one attached hydrogen (secondary N) is 2. The normalized spacial score (nSPS) is 11.2. The lowest BCUT2D eigenvalue weighted by Crippen LogP contribution is -2.24. The SMILES string of the molecule is CNS(=O)(=O)c1cc(C(=O)NCc2ccc(Cl)cc2Cl)ccc1OC. The van der Waals surface area contributed by atoms with Crippen LogP contribution in [0, 0.1) is 0 Å². The maximum atomic E-state index is 12.3. The summed E-state index contributed by atoms with van der Waals surface area (Å²) in [6.45, 7) is 0.176. The van der Waals surface area contributed by atoms with Crippen molar-refractivity contribution < 1.29 is 17.9 Å². The minimum Gasteiger partial charge on any atom is -0.495 e. The Morgan fingerprint density at radius 3 is 2.48 bits per heavy atom. The van der Waals surface area contributed by atoms with Crippen LogP contribution in [0.25, 0.3) is 0 Å². The largest absolute Gasteiger partial charge is 0.495 e. The summed E-state index contributed by atoms with van der Waals surface area (Å²) in [5.41, 5.74) is 0.871. The van der Waals surface area contributed by atoms with E-state index < -0.39 is 15.9 Å². The number of amides is 1. The average molecular weight is 403 g/mol. The minimum absolute atomic E-state index is 0.116. The van der Waals surface area contributed by atoms with Crippen LogP contribution < -0.4 is 14.8 Å². The van der Waals surface area contributed by atoms with Crippen molar-refractivity contribution in [1.82, 2.24) is 10.0 Å². The maximum absolute atomic E-state index is 12.3. The van der Waals surface area contributed by atoms with E-state index >= 15 is 0 Å². The van der Waals surface area contributed by atoms with Crippen LogP contribution in [0.2, 0.25) is 10.0 Å². The molecule has 0 heterocycles. The van der Waals surface area contributed by atoms with Gasteiger partial charge in [-0.2, -0.15) is 0 Å². The summed E-state index contributed by atoms with van der Waals surface area (Å²) in [5.74, 6) is -0.298. The number of benzene rings is 2. The lowest BCUT2D eigenvalue weighted by atomic mass is 10.2. The number of hydrogen-bond acceptors (Lipinski definition) is 4. The second kappa shape index (κ2) is 8.05. The zero-order chi connectivity index (χ0) is 18.6. The van der Waals surface area contributed by atoms with Crippen molar-refractivity contribution in [1.29, 1.82) is 0 Å². The Hall–Kier alpha value is -1.80. The quantitative estimate of drug-likeness (QED) is 0.777. The summed E-state index contributed by atoms with van der Waals surface area (Å²) >= 11 is 11.9. The van der Waals surface area contributed by atoms with Crippen LogP contribution in [0.1, 0.15) is 15.9 Å². The summed E-state index contributed by atoms with van der Waals surface area (Å²) < 4.78 is 31.4. The van der Waals surface area contributed by atoms with Crippen LogP contribution in [0.4, 0.5) is 0 Å². The molecule has 0 spiro atoms. The molecule has 0 saturated heterocycles.